The van der Waals surface area contributed by atoms with Crippen LogP contribution in [0.15, 0.2) is 36.5 Å². The second kappa shape index (κ2) is 4.31. The normalized spacial score (nSPS) is 10.4. The van der Waals surface area contributed by atoms with E-state index in [9.17, 15) is 4.79 Å². The van der Waals surface area contributed by atoms with Gasteiger partial charge in [0.25, 0.3) is 5.69 Å². The minimum absolute atomic E-state index is 0.276. The molecule has 1 aromatic carbocycles. The third-order valence-electron chi connectivity index (χ3n) is 2.52. The molecule has 0 radical (unpaired) electrons. The summed E-state index contributed by atoms with van der Waals surface area (Å²) in [5.41, 5.74) is 0.597. The van der Waals surface area contributed by atoms with Crippen LogP contribution in [0.1, 0.15) is 17.4 Å². The smallest absolute Gasteiger partial charge is 0.404 e. The van der Waals surface area contributed by atoms with Gasteiger partial charge in [-0.25, -0.2) is 4.79 Å². The number of aryl methyl sites for hydroxylation is 1. The molecule has 1 aromatic heterocycles. The standard InChI is InChI=1S/C13H14NO2/c1-3-16-13(15)12-11-7-5-4-6-10(11)8-9-14(12)2/h4-9H,3H2,1-2H3/q+1. The maximum atomic E-state index is 11.8. The molecule has 0 amide bonds. The fraction of sp³-hybridized carbons (Fsp3) is 0.231. The topological polar surface area (TPSA) is 30.2 Å². The molecule has 0 aliphatic heterocycles. The molecule has 82 valence electrons. The van der Waals surface area contributed by atoms with Crippen LogP contribution in [0.3, 0.4) is 0 Å². The lowest BCUT2D eigenvalue weighted by Crippen LogP contribution is -2.36. The lowest BCUT2D eigenvalue weighted by Gasteiger charge is -2.03. The molecular weight excluding hydrogens is 202 g/mol. The van der Waals surface area contributed by atoms with Crippen molar-refractivity contribution in [2.75, 3.05) is 6.61 Å². The molecule has 3 nitrogen and oxygen atoms in total. The predicted molar refractivity (Wildman–Crippen MR) is 61.1 cm³/mol. The molecule has 1 heterocycles. The summed E-state index contributed by atoms with van der Waals surface area (Å²) in [6, 6.07) is 9.78. The Morgan fingerprint density at radius 1 is 1.31 bits per heavy atom. The van der Waals surface area contributed by atoms with E-state index in [4.69, 9.17) is 4.74 Å². The third kappa shape index (κ3) is 1.76. The van der Waals surface area contributed by atoms with Crippen molar-refractivity contribution in [2.45, 2.75) is 6.92 Å². The highest BCUT2D eigenvalue weighted by Crippen LogP contribution is 2.15. The molecule has 0 atom stereocenters. The Kier molecular flexibility index (Phi) is 2.86. The van der Waals surface area contributed by atoms with Crippen LogP contribution in [0.5, 0.6) is 0 Å². The molecule has 0 spiro atoms. The van der Waals surface area contributed by atoms with Gasteiger partial charge in [0, 0.05) is 6.07 Å². The zero-order valence-corrected chi connectivity index (χ0v) is 9.43. The van der Waals surface area contributed by atoms with Gasteiger partial charge in [-0.3, -0.25) is 0 Å². The van der Waals surface area contributed by atoms with E-state index in [2.05, 4.69) is 0 Å². The van der Waals surface area contributed by atoms with Crippen molar-refractivity contribution in [3.8, 4) is 0 Å². The van der Waals surface area contributed by atoms with E-state index in [0.29, 0.717) is 12.3 Å². The number of pyridine rings is 1. The molecule has 0 saturated carbocycles. The highest BCUT2D eigenvalue weighted by atomic mass is 16.5. The summed E-state index contributed by atoms with van der Waals surface area (Å²) in [6.07, 6.45) is 1.87. The first kappa shape index (κ1) is 10.6. The third-order valence-corrected chi connectivity index (χ3v) is 2.52. The summed E-state index contributed by atoms with van der Waals surface area (Å²) in [7, 11) is 1.85. The van der Waals surface area contributed by atoms with E-state index in [-0.39, 0.29) is 5.97 Å². The molecule has 0 bridgehead atoms. The summed E-state index contributed by atoms with van der Waals surface area (Å²) in [5.74, 6) is -0.276. The fourth-order valence-electron chi connectivity index (χ4n) is 1.77. The van der Waals surface area contributed by atoms with Crippen molar-refractivity contribution in [1.82, 2.24) is 0 Å². The zero-order valence-electron chi connectivity index (χ0n) is 9.43. The number of hydrogen-bond donors (Lipinski definition) is 0. The van der Waals surface area contributed by atoms with Crippen LogP contribution in [-0.2, 0) is 11.8 Å². The molecule has 16 heavy (non-hydrogen) atoms. The van der Waals surface area contributed by atoms with Gasteiger partial charge in [0.05, 0.1) is 12.0 Å². The molecule has 0 N–H and O–H groups in total. The van der Waals surface area contributed by atoms with Crippen LogP contribution >= 0.6 is 0 Å². The van der Waals surface area contributed by atoms with Gasteiger partial charge in [0.1, 0.15) is 7.05 Å². The number of carbonyl (C=O) groups excluding carboxylic acids is 1. The molecule has 3 heteroatoms. The van der Waals surface area contributed by atoms with Crippen molar-refractivity contribution < 1.29 is 14.1 Å². The number of esters is 1. The van der Waals surface area contributed by atoms with Gasteiger partial charge < -0.3 is 4.74 Å². The molecule has 0 unspecified atom stereocenters. The van der Waals surface area contributed by atoms with Crippen molar-refractivity contribution in [1.29, 1.82) is 0 Å². The van der Waals surface area contributed by atoms with Gasteiger partial charge in [0.15, 0.2) is 6.20 Å². The Hall–Kier alpha value is -1.90. The minimum Gasteiger partial charge on any atom is -0.458 e. The first-order valence-corrected chi connectivity index (χ1v) is 5.28. The second-order valence-electron chi connectivity index (χ2n) is 3.58. The van der Waals surface area contributed by atoms with Gasteiger partial charge in [-0.1, -0.05) is 18.2 Å². The maximum absolute atomic E-state index is 11.8. The van der Waals surface area contributed by atoms with Gasteiger partial charge >= 0.3 is 5.97 Å². The number of ether oxygens (including phenoxy) is 1. The van der Waals surface area contributed by atoms with Gasteiger partial charge in [-0.05, 0) is 18.4 Å². The van der Waals surface area contributed by atoms with E-state index < -0.39 is 0 Å². The Bertz CT molecular complexity index is 534. The molecule has 2 aromatic rings. The Labute approximate surface area is 94.3 Å². The van der Waals surface area contributed by atoms with Gasteiger partial charge in [-0.2, -0.15) is 4.57 Å². The Balaban J connectivity index is 2.66. The Morgan fingerprint density at radius 2 is 2.06 bits per heavy atom. The summed E-state index contributed by atoms with van der Waals surface area (Å²) in [5, 5.41) is 1.97. The summed E-state index contributed by atoms with van der Waals surface area (Å²) >= 11 is 0. The summed E-state index contributed by atoms with van der Waals surface area (Å²) in [6.45, 7) is 2.20. The lowest BCUT2D eigenvalue weighted by atomic mass is 10.1. The van der Waals surface area contributed by atoms with Crippen LogP contribution < -0.4 is 4.57 Å². The van der Waals surface area contributed by atoms with E-state index in [1.807, 2.05) is 50.5 Å². The van der Waals surface area contributed by atoms with E-state index >= 15 is 0 Å². The summed E-state index contributed by atoms with van der Waals surface area (Å²) in [4.78, 5) is 11.8. The Morgan fingerprint density at radius 3 is 2.81 bits per heavy atom. The van der Waals surface area contributed by atoms with Crippen LogP contribution in [-0.4, -0.2) is 12.6 Å². The highest BCUT2D eigenvalue weighted by molar-refractivity contribution is 6.00. The van der Waals surface area contributed by atoms with E-state index in [0.717, 1.165) is 10.8 Å². The number of nitrogens with zero attached hydrogens (tertiary/aromatic N) is 1. The average molecular weight is 216 g/mol. The number of fused-ring (bicyclic) bond motifs is 1. The SMILES string of the molecule is CCOC(=O)c1c2ccccc2cc[n+]1C. The number of carbonyl (C=O) groups is 1. The van der Waals surface area contributed by atoms with Crippen molar-refractivity contribution in [3.63, 3.8) is 0 Å². The van der Waals surface area contributed by atoms with Crippen LogP contribution in [0.4, 0.5) is 0 Å². The van der Waals surface area contributed by atoms with Crippen molar-refractivity contribution >= 4 is 16.7 Å². The fourth-order valence-corrected chi connectivity index (χ4v) is 1.77. The van der Waals surface area contributed by atoms with Gasteiger partial charge in [0.2, 0.25) is 0 Å². The average Bonchev–Trinajstić information content (AvgIpc) is 2.29. The number of rotatable bonds is 2. The number of hydrogen-bond acceptors (Lipinski definition) is 2. The van der Waals surface area contributed by atoms with Crippen LogP contribution in [0, 0.1) is 0 Å². The molecule has 0 aliphatic rings. The first-order valence-electron chi connectivity index (χ1n) is 5.28. The van der Waals surface area contributed by atoms with Gasteiger partial charge in [-0.15, -0.1) is 0 Å². The minimum atomic E-state index is -0.276. The first-order chi connectivity index (χ1) is 7.74. The number of aromatic nitrogens is 1. The lowest BCUT2D eigenvalue weighted by molar-refractivity contribution is -0.672. The largest absolute Gasteiger partial charge is 0.458 e. The van der Waals surface area contributed by atoms with Crippen molar-refractivity contribution in [2.24, 2.45) is 7.05 Å². The molecule has 2 rings (SSSR count). The number of benzene rings is 1. The molecule has 0 fully saturated rings. The molecular formula is C13H14NO2+. The molecule has 0 aliphatic carbocycles. The van der Waals surface area contributed by atoms with Crippen LogP contribution in [0.2, 0.25) is 0 Å². The summed E-state index contributed by atoms with van der Waals surface area (Å²) < 4.78 is 6.85. The van der Waals surface area contributed by atoms with Crippen LogP contribution in [0.25, 0.3) is 10.8 Å². The quantitative estimate of drug-likeness (QED) is 0.566. The van der Waals surface area contributed by atoms with E-state index in [1.165, 1.54) is 0 Å². The predicted octanol–water partition coefficient (Wildman–Crippen LogP) is 1.84. The molecule has 0 saturated heterocycles. The second-order valence-corrected chi connectivity index (χ2v) is 3.58. The van der Waals surface area contributed by atoms with Crippen molar-refractivity contribution in [3.05, 3.63) is 42.2 Å². The zero-order chi connectivity index (χ0) is 11.5. The monoisotopic (exact) mass is 216 g/mol. The maximum Gasteiger partial charge on any atom is 0.404 e. The van der Waals surface area contributed by atoms with E-state index in [1.54, 1.807) is 4.57 Å². The highest BCUT2D eigenvalue weighted by Gasteiger charge is 2.21.